The van der Waals surface area contributed by atoms with Gasteiger partial charge >= 0.3 is 12.1 Å². The number of fused-ring (bicyclic) bond motifs is 2. The highest BCUT2D eigenvalue weighted by Gasteiger charge is 2.57. The molecule has 1 aromatic rings. The van der Waals surface area contributed by atoms with Crippen molar-refractivity contribution in [2.45, 2.75) is 50.7 Å². The molecule has 11 heteroatoms. The SMILES string of the molecule is CCCCN1C[C@H]2C(=O)NC3(CCN(C(=O)Cc4ccsc4)CC3)[C@H]2C1.O=C(O)C(F)(F)F. The molecule has 7 nitrogen and oxygen atoms in total. The van der Waals surface area contributed by atoms with Gasteiger partial charge in [-0.25, -0.2) is 4.79 Å². The van der Waals surface area contributed by atoms with Crippen molar-refractivity contribution in [1.82, 2.24) is 15.1 Å². The van der Waals surface area contributed by atoms with E-state index in [0.717, 1.165) is 51.1 Å². The van der Waals surface area contributed by atoms with Crippen LogP contribution < -0.4 is 5.32 Å². The number of unbranched alkanes of at least 4 members (excludes halogenated alkanes) is 1. The van der Waals surface area contributed by atoms with Crippen molar-refractivity contribution >= 4 is 29.1 Å². The third-order valence-corrected chi connectivity index (χ3v) is 7.56. The van der Waals surface area contributed by atoms with E-state index in [4.69, 9.17) is 9.90 Å². The van der Waals surface area contributed by atoms with Crippen LogP contribution in [0.4, 0.5) is 13.2 Å². The summed E-state index contributed by atoms with van der Waals surface area (Å²) in [6, 6.07) is 2.03. The van der Waals surface area contributed by atoms with E-state index in [0.29, 0.717) is 12.3 Å². The number of alkyl halides is 3. The average Bonchev–Trinajstić information content (AvgIpc) is 3.46. The number of carbonyl (C=O) groups is 3. The maximum absolute atomic E-state index is 12.6. The van der Waals surface area contributed by atoms with E-state index in [1.54, 1.807) is 11.3 Å². The maximum Gasteiger partial charge on any atom is 0.490 e. The number of rotatable bonds is 5. The Morgan fingerprint density at radius 1 is 1.27 bits per heavy atom. The zero-order valence-electron chi connectivity index (χ0n) is 18.6. The van der Waals surface area contributed by atoms with Crippen LogP contribution in [0.1, 0.15) is 38.2 Å². The van der Waals surface area contributed by atoms with E-state index >= 15 is 0 Å². The van der Waals surface area contributed by atoms with Gasteiger partial charge in [0.1, 0.15) is 0 Å². The molecule has 1 aromatic heterocycles. The van der Waals surface area contributed by atoms with Gasteiger partial charge in [-0.05, 0) is 48.2 Å². The van der Waals surface area contributed by atoms with Crippen LogP contribution in [0.25, 0.3) is 0 Å². The Morgan fingerprint density at radius 2 is 1.94 bits per heavy atom. The van der Waals surface area contributed by atoms with Crippen LogP contribution in [-0.4, -0.2) is 77.1 Å². The first kappa shape index (κ1) is 25.5. The summed E-state index contributed by atoms with van der Waals surface area (Å²) in [5, 5.41) is 14.5. The lowest BCUT2D eigenvalue weighted by atomic mass is 9.75. The summed E-state index contributed by atoms with van der Waals surface area (Å²) in [7, 11) is 0. The molecular weight excluding hydrogens is 459 g/mol. The topological polar surface area (TPSA) is 90.0 Å². The fourth-order valence-electron chi connectivity index (χ4n) is 5.04. The second-order valence-electron chi connectivity index (χ2n) is 8.96. The van der Waals surface area contributed by atoms with E-state index < -0.39 is 12.1 Å². The van der Waals surface area contributed by atoms with Gasteiger partial charge in [0.2, 0.25) is 11.8 Å². The molecule has 3 aliphatic rings. The van der Waals surface area contributed by atoms with Crippen molar-refractivity contribution in [2.24, 2.45) is 11.8 Å². The Kier molecular flexibility index (Phi) is 8.04. The first-order chi connectivity index (χ1) is 15.6. The van der Waals surface area contributed by atoms with Crippen molar-refractivity contribution in [1.29, 1.82) is 0 Å². The molecule has 0 unspecified atom stereocenters. The standard InChI is InChI=1S/C20H29N3O2S.C2HF3O2/c1-2-3-7-22-12-16-17(13-22)20(21-19(16)25)5-8-23(9-6-20)18(24)11-15-4-10-26-14-15;3-2(4,5)1(6)7/h4,10,14,16-17H,2-3,5-9,11-13H2,1H3,(H,21,25);(H,6,7)/t16-,17+;/m1./s1. The summed E-state index contributed by atoms with van der Waals surface area (Å²) in [4.78, 5) is 38.5. The molecule has 0 saturated carbocycles. The number of hydrogen-bond acceptors (Lipinski definition) is 5. The summed E-state index contributed by atoms with van der Waals surface area (Å²) in [6.07, 6.45) is -0.378. The Morgan fingerprint density at radius 3 is 2.48 bits per heavy atom. The van der Waals surface area contributed by atoms with Gasteiger partial charge in [-0.3, -0.25) is 9.59 Å². The molecular formula is C22H30F3N3O4S. The molecule has 184 valence electrons. The lowest BCUT2D eigenvalue weighted by Gasteiger charge is -2.42. The van der Waals surface area contributed by atoms with Crippen LogP contribution in [0.3, 0.4) is 0 Å². The summed E-state index contributed by atoms with van der Waals surface area (Å²) in [5.74, 6) is -1.73. The number of carboxylic acid groups (broad SMARTS) is 1. The fourth-order valence-corrected chi connectivity index (χ4v) is 5.71. The Balaban J connectivity index is 0.000000383. The van der Waals surface area contributed by atoms with Gasteiger partial charge in [0, 0.05) is 37.6 Å². The molecule has 4 heterocycles. The van der Waals surface area contributed by atoms with E-state index in [1.807, 2.05) is 16.3 Å². The summed E-state index contributed by atoms with van der Waals surface area (Å²) in [5.41, 5.74) is 1.03. The van der Waals surface area contributed by atoms with Gasteiger partial charge < -0.3 is 20.2 Å². The van der Waals surface area contributed by atoms with Gasteiger partial charge in [-0.1, -0.05) is 13.3 Å². The number of thiophene rings is 1. The zero-order valence-corrected chi connectivity index (χ0v) is 19.4. The van der Waals surface area contributed by atoms with Crippen LogP contribution in [0.2, 0.25) is 0 Å². The minimum atomic E-state index is -5.08. The predicted molar refractivity (Wildman–Crippen MR) is 117 cm³/mol. The molecule has 0 radical (unpaired) electrons. The molecule has 2 atom stereocenters. The van der Waals surface area contributed by atoms with Crippen molar-refractivity contribution in [2.75, 3.05) is 32.7 Å². The number of carbonyl (C=O) groups excluding carboxylic acids is 2. The Hall–Kier alpha value is -2.14. The molecule has 2 amide bonds. The Labute approximate surface area is 194 Å². The van der Waals surface area contributed by atoms with Crippen molar-refractivity contribution in [3.05, 3.63) is 22.4 Å². The number of nitrogens with zero attached hydrogens (tertiary/aromatic N) is 2. The minimum absolute atomic E-state index is 0.0815. The van der Waals surface area contributed by atoms with E-state index in [-0.39, 0.29) is 23.3 Å². The number of amides is 2. The van der Waals surface area contributed by atoms with Gasteiger partial charge in [0.25, 0.3) is 0 Å². The number of likely N-dealkylation sites (tertiary alicyclic amines) is 2. The quantitative estimate of drug-likeness (QED) is 0.664. The third-order valence-electron chi connectivity index (χ3n) is 6.83. The largest absolute Gasteiger partial charge is 0.490 e. The summed E-state index contributed by atoms with van der Waals surface area (Å²) >= 11 is 1.64. The second kappa shape index (κ2) is 10.4. The molecule has 0 aliphatic carbocycles. The number of halogens is 3. The van der Waals surface area contributed by atoms with Crippen LogP contribution >= 0.6 is 11.3 Å². The molecule has 33 heavy (non-hydrogen) atoms. The molecule has 3 saturated heterocycles. The molecule has 0 bridgehead atoms. The molecule has 3 fully saturated rings. The average molecular weight is 490 g/mol. The highest BCUT2D eigenvalue weighted by Crippen LogP contribution is 2.44. The fraction of sp³-hybridized carbons (Fsp3) is 0.682. The first-order valence-electron chi connectivity index (χ1n) is 11.2. The minimum Gasteiger partial charge on any atom is -0.475 e. The summed E-state index contributed by atoms with van der Waals surface area (Å²) in [6.45, 7) is 6.81. The van der Waals surface area contributed by atoms with Crippen molar-refractivity contribution in [3.8, 4) is 0 Å². The number of hydrogen-bond donors (Lipinski definition) is 2. The van der Waals surface area contributed by atoms with Crippen LogP contribution in [0, 0.1) is 11.8 Å². The highest BCUT2D eigenvalue weighted by atomic mass is 32.1. The highest BCUT2D eigenvalue weighted by molar-refractivity contribution is 7.08. The number of carboxylic acids is 1. The first-order valence-corrected chi connectivity index (χ1v) is 12.1. The normalized spacial score (nSPS) is 24.2. The van der Waals surface area contributed by atoms with Gasteiger partial charge in [-0.2, -0.15) is 24.5 Å². The van der Waals surface area contributed by atoms with E-state index in [1.165, 1.54) is 12.8 Å². The third kappa shape index (κ3) is 6.06. The van der Waals surface area contributed by atoms with Crippen LogP contribution in [0.5, 0.6) is 0 Å². The Bertz CT molecular complexity index is 838. The van der Waals surface area contributed by atoms with Gasteiger partial charge in [0.05, 0.1) is 12.3 Å². The summed E-state index contributed by atoms with van der Waals surface area (Å²) < 4.78 is 31.7. The van der Waals surface area contributed by atoms with E-state index in [9.17, 15) is 22.8 Å². The van der Waals surface area contributed by atoms with Gasteiger partial charge in [-0.15, -0.1) is 0 Å². The molecule has 1 spiro atoms. The smallest absolute Gasteiger partial charge is 0.475 e. The zero-order chi connectivity index (χ0) is 24.2. The van der Waals surface area contributed by atoms with Crippen LogP contribution in [-0.2, 0) is 20.8 Å². The lowest BCUT2D eigenvalue weighted by Crippen LogP contribution is -2.56. The van der Waals surface area contributed by atoms with Crippen LogP contribution in [0.15, 0.2) is 16.8 Å². The molecule has 3 aliphatic heterocycles. The van der Waals surface area contributed by atoms with E-state index in [2.05, 4.69) is 22.5 Å². The lowest BCUT2D eigenvalue weighted by molar-refractivity contribution is -0.192. The van der Waals surface area contributed by atoms with Gasteiger partial charge in [0.15, 0.2) is 0 Å². The van der Waals surface area contributed by atoms with Crippen molar-refractivity contribution in [3.63, 3.8) is 0 Å². The predicted octanol–water partition coefficient (Wildman–Crippen LogP) is 2.76. The maximum atomic E-state index is 12.6. The number of piperidine rings is 1. The molecule has 4 rings (SSSR count). The molecule has 0 aromatic carbocycles. The number of aliphatic carboxylic acids is 1. The molecule has 2 N–H and O–H groups in total. The second-order valence-corrected chi connectivity index (χ2v) is 9.74. The number of nitrogens with one attached hydrogen (secondary N) is 1. The van der Waals surface area contributed by atoms with Crippen molar-refractivity contribution < 1.29 is 32.7 Å². The monoisotopic (exact) mass is 489 g/mol.